The number of carbonyl (C=O) groups excluding carboxylic acids is 2. The van der Waals surface area contributed by atoms with Crippen LogP contribution < -0.4 is 0 Å². The van der Waals surface area contributed by atoms with Gasteiger partial charge in [-0.25, -0.2) is 0 Å². The predicted molar refractivity (Wildman–Crippen MR) is 83.7 cm³/mol. The quantitative estimate of drug-likeness (QED) is 0.442. The third-order valence-corrected chi connectivity index (χ3v) is 5.99. The number of halogens is 1. The molecule has 0 spiro atoms. The number of nitrogens with zero attached hydrogens (tertiary/aromatic N) is 1. The predicted octanol–water partition coefficient (Wildman–Crippen LogP) is 3.90. The van der Waals surface area contributed by atoms with Crippen molar-refractivity contribution >= 4 is 27.7 Å². The summed E-state index contributed by atoms with van der Waals surface area (Å²) < 4.78 is 0. The summed E-state index contributed by atoms with van der Waals surface area (Å²) in [5.74, 6) is 0.0478. The molecule has 2 aliphatic rings. The zero-order valence-corrected chi connectivity index (χ0v) is 14.3. The van der Waals surface area contributed by atoms with E-state index >= 15 is 0 Å². The normalized spacial score (nSPS) is 26.4. The van der Waals surface area contributed by atoms with Crippen molar-refractivity contribution in [3.05, 3.63) is 0 Å². The number of imide groups is 1. The van der Waals surface area contributed by atoms with Gasteiger partial charge in [-0.05, 0) is 23.7 Å². The van der Waals surface area contributed by atoms with Crippen LogP contribution in [0.15, 0.2) is 0 Å². The van der Waals surface area contributed by atoms with Gasteiger partial charge in [0.15, 0.2) is 0 Å². The Bertz CT molecular complexity index is 364. The van der Waals surface area contributed by atoms with Crippen molar-refractivity contribution in [3.63, 3.8) is 0 Å². The molecule has 0 aromatic rings. The van der Waals surface area contributed by atoms with E-state index in [4.69, 9.17) is 0 Å². The van der Waals surface area contributed by atoms with E-state index in [0.29, 0.717) is 19.4 Å². The lowest BCUT2D eigenvalue weighted by atomic mass is 9.78. The minimum Gasteiger partial charge on any atom is -0.282 e. The maximum atomic E-state index is 12.3. The fourth-order valence-electron chi connectivity index (χ4n) is 3.54. The largest absolute Gasteiger partial charge is 0.282 e. The number of piperidine rings is 1. The van der Waals surface area contributed by atoms with Gasteiger partial charge in [-0.1, -0.05) is 55.5 Å². The first-order valence-corrected chi connectivity index (χ1v) is 8.89. The Morgan fingerprint density at radius 1 is 1.00 bits per heavy atom. The molecule has 2 amide bonds. The van der Waals surface area contributed by atoms with Crippen LogP contribution in [0.1, 0.15) is 65.2 Å². The minimum absolute atomic E-state index is 0.0239. The maximum absolute atomic E-state index is 12.3. The van der Waals surface area contributed by atoms with Gasteiger partial charge in [0.05, 0.1) is 0 Å². The fraction of sp³-hybridized carbons (Fsp3) is 0.875. The van der Waals surface area contributed by atoms with Crippen molar-refractivity contribution in [1.29, 1.82) is 0 Å². The highest BCUT2D eigenvalue weighted by molar-refractivity contribution is 9.09. The third-order valence-electron chi connectivity index (χ3n) is 4.80. The summed E-state index contributed by atoms with van der Waals surface area (Å²) in [5.41, 5.74) is -0.0704. The van der Waals surface area contributed by atoms with Crippen LogP contribution in [0.2, 0.25) is 0 Å². The molecule has 0 bridgehead atoms. The molecule has 1 aliphatic heterocycles. The van der Waals surface area contributed by atoms with Crippen molar-refractivity contribution in [3.8, 4) is 0 Å². The smallest absolute Gasteiger partial charge is 0.229 e. The molecule has 2 fully saturated rings. The number of alkyl halides is 1. The van der Waals surface area contributed by atoms with Crippen LogP contribution >= 0.6 is 15.9 Å². The molecular weight excluding hydrogens is 318 g/mol. The average Bonchev–Trinajstić information content (AvgIpc) is 2.59. The lowest BCUT2D eigenvalue weighted by Gasteiger charge is -2.40. The van der Waals surface area contributed by atoms with E-state index in [-0.39, 0.29) is 22.6 Å². The Balaban J connectivity index is 2.10. The molecule has 0 atom stereocenters. The molecule has 4 heteroatoms. The van der Waals surface area contributed by atoms with Gasteiger partial charge in [0, 0.05) is 24.7 Å². The first kappa shape index (κ1) is 16.0. The molecule has 1 heterocycles. The molecule has 1 saturated carbocycles. The van der Waals surface area contributed by atoms with Crippen LogP contribution in [0, 0.1) is 10.8 Å². The molecule has 0 N–H and O–H groups in total. The molecule has 0 radical (unpaired) electrons. The van der Waals surface area contributed by atoms with Crippen LogP contribution in [0.25, 0.3) is 0 Å². The summed E-state index contributed by atoms with van der Waals surface area (Å²) in [7, 11) is 0. The zero-order valence-electron chi connectivity index (χ0n) is 12.7. The van der Waals surface area contributed by atoms with Crippen LogP contribution in [0.3, 0.4) is 0 Å². The average molecular weight is 344 g/mol. The topological polar surface area (TPSA) is 37.4 Å². The van der Waals surface area contributed by atoms with Gasteiger partial charge < -0.3 is 0 Å². The molecule has 1 aliphatic carbocycles. The highest BCUT2D eigenvalue weighted by Crippen LogP contribution is 2.40. The SMILES string of the molecule is CC1(C)CC(=O)N(CC2(CBr)CCCCCC2)C(=O)C1. The standard InChI is InChI=1S/C16H26BrNO2/c1-15(2)9-13(19)18(14(20)10-15)12-16(11-17)7-5-3-4-6-8-16/h3-12H2,1-2H3. The number of hydrogen-bond acceptors (Lipinski definition) is 2. The van der Waals surface area contributed by atoms with E-state index in [0.717, 1.165) is 18.2 Å². The molecule has 0 aromatic carbocycles. The van der Waals surface area contributed by atoms with E-state index in [1.807, 2.05) is 13.8 Å². The van der Waals surface area contributed by atoms with Gasteiger partial charge in [-0.15, -0.1) is 0 Å². The van der Waals surface area contributed by atoms with E-state index < -0.39 is 0 Å². The third kappa shape index (κ3) is 3.63. The Kier molecular flexibility index (Phi) is 4.93. The lowest BCUT2D eigenvalue weighted by molar-refractivity contribution is -0.154. The number of amides is 2. The summed E-state index contributed by atoms with van der Waals surface area (Å²) in [6.45, 7) is 4.63. The summed E-state index contributed by atoms with van der Waals surface area (Å²) in [6.07, 6.45) is 8.24. The fourth-order valence-corrected chi connectivity index (χ4v) is 4.27. The van der Waals surface area contributed by atoms with Crippen LogP contribution in [0.5, 0.6) is 0 Å². The molecule has 2 rings (SSSR count). The number of hydrogen-bond donors (Lipinski definition) is 0. The number of rotatable bonds is 3. The van der Waals surface area contributed by atoms with E-state index in [9.17, 15) is 9.59 Å². The minimum atomic E-state index is -0.171. The maximum Gasteiger partial charge on any atom is 0.229 e. The van der Waals surface area contributed by atoms with Gasteiger partial charge in [-0.3, -0.25) is 14.5 Å². The van der Waals surface area contributed by atoms with Crippen molar-refractivity contribution in [1.82, 2.24) is 4.90 Å². The van der Waals surface area contributed by atoms with Crippen LogP contribution in [-0.4, -0.2) is 28.6 Å². The lowest BCUT2D eigenvalue weighted by Crippen LogP contribution is -2.51. The van der Waals surface area contributed by atoms with E-state index in [1.54, 1.807) is 4.90 Å². The second-order valence-electron chi connectivity index (χ2n) is 7.44. The Labute approximate surface area is 130 Å². The van der Waals surface area contributed by atoms with Crippen LogP contribution in [-0.2, 0) is 9.59 Å². The Morgan fingerprint density at radius 3 is 1.95 bits per heavy atom. The molecule has 3 nitrogen and oxygen atoms in total. The molecule has 0 aromatic heterocycles. The van der Waals surface area contributed by atoms with E-state index in [1.165, 1.54) is 25.7 Å². The first-order valence-electron chi connectivity index (χ1n) is 7.77. The molecule has 114 valence electrons. The van der Waals surface area contributed by atoms with Gasteiger partial charge in [0.2, 0.25) is 11.8 Å². The molecular formula is C16H26BrNO2. The zero-order chi connectivity index (χ0) is 14.8. The van der Waals surface area contributed by atoms with Crippen molar-refractivity contribution in [2.75, 3.05) is 11.9 Å². The van der Waals surface area contributed by atoms with E-state index in [2.05, 4.69) is 15.9 Å². The van der Waals surface area contributed by atoms with Crippen molar-refractivity contribution in [2.45, 2.75) is 65.2 Å². The van der Waals surface area contributed by atoms with Crippen molar-refractivity contribution in [2.24, 2.45) is 10.8 Å². The monoisotopic (exact) mass is 343 g/mol. The summed E-state index contributed by atoms with van der Waals surface area (Å²) >= 11 is 3.64. The second kappa shape index (κ2) is 6.17. The second-order valence-corrected chi connectivity index (χ2v) is 8.00. The summed E-state index contributed by atoms with van der Waals surface area (Å²) in [4.78, 5) is 26.2. The number of carbonyl (C=O) groups is 2. The van der Waals surface area contributed by atoms with Gasteiger partial charge in [0.1, 0.15) is 0 Å². The highest BCUT2D eigenvalue weighted by Gasteiger charge is 2.41. The Hall–Kier alpha value is -0.380. The Morgan fingerprint density at radius 2 is 1.50 bits per heavy atom. The summed E-state index contributed by atoms with van der Waals surface area (Å²) in [5, 5.41) is 0.889. The molecule has 1 saturated heterocycles. The van der Waals surface area contributed by atoms with Gasteiger partial charge in [-0.2, -0.15) is 0 Å². The molecule has 0 unspecified atom stereocenters. The number of likely N-dealkylation sites (tertiary alicyclic amines) is 1. The highest BCUT2D eigenvalue weighted by atomic mass is 79.9. The van der Waals surface area contributed by atoms with Crippen molar-refractivity contribution < 1.29 is 9.59 Å². The molecule has 20 heavy (non-hydrogen) atoms. The van der Waals surface area contributed by atoms with Crippen LogP contribution in [0.4, 0.5) is 0 Å². The van der Waals surface area contributed by atoms with Gasteiger partial charge in [0.25, 0.3) is 0 Å². The van der Waals surface area contributed by atoms with Gasteiger partial charge >= 0.3 is 0 Å². The first-order chi connectivity index (χ1) is 9.37. The summed E-state index contributed by atoms with van der Waals surface area (Å²) in [6, 6.07) is 0.